The van der Waals surface area contributed by atoms with E-state index < -0.39 is 18.5 Å². The number of aromatic nitrogens is 3. The fraction of sp³-hybridized carbons (Fsp3) is 0.185. The van der Waals surface area contributed by atoms with E-state index in [0.717, 1.165) is 11.3 Å². The molecule has 1 aliphatic rings. The van der Waals surface area contributed by atoms with Crippen molar-refractivity contribution in [3.05, 3.63) is 94.7 Å². The fourth-order valence-electron chi connectivity index (χ4n) is 4.14. The highest BCUT2D eigenvalue weighted by Gasteiger charge is 2.25. The highest BCUT2D eigenvalue weighted by Crippen LogP contribution is 2.37. The molecule has 0 bridgehead atoms. The molecule has 3 aromatic heterocycles. The molecule has 1 aromatic carbocycles. The number of nitrogens with one attached hydrogen (secondary N) is 4. The van der Waals surface area contributed by atoms with E-state index in [1.807, 2.05) is 18.2 Å². The highest BCUT2D eigenvalue weighted by atomic mass is 35.5. The molecule has 0 saturated carbocycles. The van der Waals surface area contributed by atoms with Gasteiger partial charge in [0.05, 0.1) is 57.1 Å². The number of alkyl halides is 1. The van der Waals surface area contributed by atoms with Crippen molar-refractivity contribution in [2.24, 2.45) is 0 Å². The van der Waals surface area contributed by atoms with Gasteiger partial charge in [0.25, 0.3) is 0 Å². The van der Waals surface area contributed by atoms with Crippen molar-refractivity contribution < 1.29 is 8.78 Å². The average Bonchev–Trinajstić information content (AvgIpc) is 3.44. The molecule has 39 heavy (non-hydrogen) atoms. The van der Waals surface area contributed by atoms with Gasteiger partial charge in [0, 0.05) is 41.9 Å². The number of hydrazine groups is 2. The molecule has 9 nitrogen and oxygen atoms in total. The smallest absolute Gasteiger partial charge is 0.146 e. The number of benzene rings is 1. The Morgan fingerprint density at radius 2 is 2.03 bits per heavy atom. The third kappa shape index (κ3) is 5.38. The third-order valence-electron chi connectivity index (χ3n) is 6.29. The van der Waals surface area contributed by atoms with Crippen LogP contribution in [0, 0.1) is 24.1 Å². The lowest BCUT2D eigenvalue weighted by Crippen LogP contribution is -2.43. The van der Waals surface area contributed by atoms with Gasteiger partial charge in [0.1, 0.15) is 18.6 Å². The molecule has 0 unspecified atom stereocenters. The highest BCUT2D eigenvalue weighted by molar-refractivity contribution is 6.36. The molecule has 0 aliphatic carbocycles. The van der Waals surface area contributed by atoms with Gasteiger partial charge in [0.2, 0.25) is 0 Å². The van der Waals surface area contributed by atoms with Gasteiger partial charge < -0.3 is 16.1 Å². The first-order chi connectivity index (χ1) is 18.9. The summed E-state index contributed by atoms with van der Waals surface area (Å²) in [7, 11) is 0. The minimum atomic E-state index is -0.534. The minimum absolute atomic E-state index is 0.251. The van der Waals surface area contributed by atoms with Crippen molar-refractivity contribution in [3.8, 4) is 6.07 Å². The summed E-state index contributed by atoms with van der Waals surface area (Å²) < 4.78 is 27.5. The van der Waals surface area contributed by atoms with Gasteiger partial charge in [-0.15, -0.1) is 5.53 Å². The zero-order valence-corrected chi connectivity index (χ0v) is 21.8. The Morgan fingerprint density at radius 3 is 2.74 bits per heavy atom. The molecule has 0 fully saturated rings. The topological polar surface area (TPSA) is 114 Å². The van der Waals surface area contributed by atoms with Crippen LogP contribution in [0.25, 0.3) is 10.9 Å². The van der Waals surface area contributed by atoms with Gasteiger partial charge in [-0.1, -0.05) is 17.7 Å². The van der Waals surface area contributed by atoms with Gasteiger partial charge in [-0.3, -0.25) is 20.0 Å². The number of fused-ring (bicyclic) bond motifs is 1. The molecule has 198 valence electrons. The van der Waals surface area contributed by atoms with Crippen molar-refractivity contribution in [2.45, 2.75) is 25.9 Å². The standard InChI is InChI=1S/C27H24ClF2N9/c1-15(9-29)39-14-24(37-38-39)26(17-4-3-5-32-11-17)35-19-6-21-25(36-20-8-23(30)16(2)33-13-20)18(10-31)12-34-27(21)22(28)7-19/h3-8,11-15,26,35,37-38H,9H2,1-2H3,(H,34,36)/t15-,26-/m0/s1. The third-order valence-corrected chi connectivity index (χ3v) is 6.57. The molecule has 1 aliphatic heterocycles. The maximum absolute atomic E-state index is 14.2. The van der Waals surface area contributed by atoms with Crippen LogP contribution in [0.3, 0.4) is 0 Å². The number of pyridine rings is 3. The molecule has 12 heteroatoms. The van der Waals surface area contributed by atoms with Crippen LogP contribution in [0.2, 0.25) is 5.02 Å². The van der Waals surface area contributed by atoms with Crippen LogP contribution in [0.4, 0.5) is 25.8 Å². The molecular weight excluding hydrogens is 524 g/mol. The molecule has 4 N–H and O–H groups in total. The number of anilines is 3. The van der Waals surface area contributed by atoms with Crippen LogP contribution in [-0.4, -0.2) is 32.7 Å². The first-order valence-corrected chi connectivity index (χ1v) is 12.4. The van der Waals surface area contributed by atoms with E-state index >= 15 is 0 Å². The Bertz CT molecular complexity index is 1590. The summed E-state index contributed by atoms with van der Waals surface area (Å²) in [5.41, 5.74) is 10.0. The van der Waals surface area contributed by atoms with Crippen LogP contribution in [0.15, 0.2) is 67.0 Å². The van der Waals surface area contributed by atoms with E-state index in [-0.39, 0.29) is 17.3 Å². The number of hydrogen-bond donors (Lipinski definition) is 4. The van der Waals surface area contributed by atoms with Crippen LogP contribution in [0.5, 0.6) is 0 Å². The summed E-state index contributed by atoms with van der Waals surface area (Å²) in [6, 6.07) is 9.91. The van der Waals surface area contributed by atoms with E-state index in [2.05, 4.69) is 42.6 Å². The lowest BCUT2D eigenvalue weighted by Gasteiger charge is -2.22. The van der Waals surface area contributed by atoms with Crippen molar-refractivity contribution in [1.29, 1.82) is 5.26 Å². The molecule has 0 amide bonds. The molecular formula is C27H24ClF2N9. The van der Waals surface area contributed by atoms with Gasteiger partial charge in [0.15, 0.2) is 0 Å². The van der Waals surface area contributed by atoms with E-state index in [4.69, 9.17) is 11.6 Å². The van der Waals surface area contributed by atoms with Crippen molar-refractivity contribution in [1.82, 2.24) is 30.9 Å². The maximum atomic E-state index is 14.2. The zero-order chi connectivity index (χ0) is 27.5. The Labute approximate surface area is 228 Å². The summed E-state index contributed by atoms with van der Waals surface area (Å²) in [4.78, 5) is 12.7. The molecule has 0 radical (unpaired) electrons. The van der Waals surface area contributed by atoms with E-state index in [1.54, 1.807) is 43.5 Å². The number of nitriles is 1. The van der Waals surface area contributed by atoms with E-state index in [0.29, 0.717) is 33.0 Å². The van der Waals surface area contributed by atoms with Crippen LogP contribution < -0.4 is 21.6 Å². The molecule has 4 heterocycles. The lowest BCUT2D eigenvalue weighted by molar-refractivity contribution is 0.178. The average molecular weight is 548 g/mol. The predicted octanol–water partition coefficient (Wildman–Crippen LogP) is 5.42. The monoisotopic (exact) mass is 547 g/mol. The Morgan fingerprint density at radius 1 is 1.18 bits per heavy atom. The second-order valence-corrected chi connectivity index (χ2v) is 9.43. The first-order valence-electron chi connectivity index (χ1n) is 12.0. The quantitative estimate of drug-likeness (QED) is 0.229. The van der Waals surface area contributed by atoms with Gasteiger partial charge in [-0.25, -0.2) is 8.78 Å². The number of nitrogens with zero attached hydrogens (tertiary/aromatic N) is 5. The first kappa shape index (κ1) is 26.1. The Hall–Kier alpha value is -4.53. The number of halogens is 3. The van der Waals surface area contributed by atoms with Crippen LogP contribution in [0.1, 0.15) is 29.8 Å². The normalized spacial score (nSPS) is 14.4. The van der Waals surface area contributed by atoms with Crippen molar-refractivity contribution >= 4 is 39.6 Å². The van der Waals surface area contributed by atoms with Crippen LogP contribution in [-0.2, 0) is 0 Å². The zero-order valence-electron chi connectivity index (χ0n) is 21.0. The summed E-state index contributed by atoms with van der Waals surface area (Å²) in [5, 5.41) is 18.9. The summed E-state index contributed by atoms with van der Waals surface area (Å²) >= 11 is 6.66. The Kier molecular flexibility index (Phi) is 7.40. The molecule has 2 atom stereocenters. The maximum Gasteiger partial charge on any atom is 0.146 e. The molecule has 5 rings (SSSR count). The van der Waals surface area contributed by atoms with Crippen molar-refractivity contribution in [3.63, 3.8) is 0 Å². The summed E-state index contributed by atoms with van der Waals surface area (Å²) in [6.45, 7) is 2.79. The molecule has 4 aromatic rings. The second kappa shape index (κ2) is 11.1. The van der Waals surface area contributed by atoms with Gasteiger partial charge in [-0.05, 0) is 37.6 Å². The van der Waals surface area contributed by atoms with E-state index in [1.165, 1.54) is 18.5 Å². The van der Waals surface area contributed by atoms with Crippen LogP contribution >= 0.6 is 11.6 Å². The van der Waals surface area contributed by atoms with Crippen molar-refractivity contribution in [2.75, 3.05) is 17.3 Å². The second-order valence-electron chi connectivity index (χ2n) is 9.02. The summed E-state index contributed by atoms with van der Waals surface area (Å²) in [5.74, 6) is -0.473. The predicted molar refractivity (Wildman–Crippen MR) is 146 cm³/mol. The largest absolute Gasteiger partial charge is 0.373 e. The van der Waals surface area contributed by atoms with Gasteiger partial charge >= 0.3 is 0 Å². The fourth-order valence-corrected chi connectivity index (χ4v) is 4.41. The van der Waals surface area contributed by atoms with Gasteiger partial charge in [-0.2, -0.15) is 5.26 Å². The SMILES string of the molecule is Cc1ncc(Nc2c(C#N)cnc3c(Cl)cc(N[C@H](C4=CN([C@@H](C)CF)NN4)c4cccnc4)cc23)cc1F. The molecule has 0 spiro atoms. The number of rotatable bonds is 8. The Balaban J connectivity index is 1.58. The minimum Gasteiger partial charge on any atom is -0.373 e. The number of aryl methyl sites for hydroxylation is 1. The van der Waals surface area contributed by atoms with E-state index in [9.17, 15) is 14.0 Å². The molecule has 0 saturated heterocycles. The lowest BCUT2D eigenvalue weighted by atomic mass is 10.0. The number of hydrogen-bond acceptors (Lipinski definition) is 9. The summed E-state index contributed by atoms with van der Waals surface area (Å²) in [6.07, 6.45) is 8.10.